The molecule has 0 bridgehead atoms. The highest BCUT2D eigenvalue weighted by Crippen LogP contribution is 2.34. The van der Waals surface area contributed by atoms with Crippen molar-refractivity contribution in [3.8, 4) is 0 Å². The molecule has 0 aliphatic carbocycles. The van der Waals surface area contributed by atoms with Gasteiger partial charge in [-0.1, -0.05) is 11.6 Å². The molecule has 0 saturated carbocycles. The summed E-state index contributed by atoms with van der Waals surface area (Å²) in [6.07, 6.45) is 2.53. The highest BCUT2D eigenvalue weighted by molar-refractivity contribution is 6.29. The molecule has 3 heterocycles. The van der Waals surface area contributed by atoms with Crippen LogP contribution in [0.15, 0.2) is 12.3 Å². The number of aromatic carboxylic acids is 1. The minimum atomic E-state index is -1.06. The van der Waals surface area contributed by atoms with Crippen molar-refractivity contribution in [1.82, 2.24) is 14.6 Å². The number of carboxylic acids is 1. The lowest BCUT2D eigenvalue weighted by molar-refractivity contribution is -0.0178. The molecular formula is C14H16ClN3O4. The quantitative estimate of drug-likeness (QED) is 0.927. The zero-order valence-corrected chi connectivity index (χ0v) is 12.8. The van der Waals surface area contributed by atoms with E-state index in [0.29, 0.717) is 24.6 Å². The maximum absolute atomic E-state index is 11.6. The molecule has 1 aliphatic heterocycles. The highest BCUT2D eigenvalue weighted by Gasteiger charge is 2.31. The number of ether oxygens (including phenoxy) is 2. The molecule has 0 amide bonds. The Hall–Kier alpha value is -1.70. The van der Waals surface area contributed by atoms with Crippen molar-refractivity contribution in [2.45, 2.75) is 18.9 Å². The summed E-state index contributed by atoms with van der Waals surface area (Å²) in [6.45, 7) is 1.28. The minimum Gasteiger partial charge on any atom is -0.478 e. The van der Waals surface area contributed by atoms with Crippen LogP contribution >= 0.6 is 11.6 Å². The number of rotatable bonds is 4. The summed E-state index contributed by atoms with van der Waals surface area (Å²) in [5.74, 6) is -0.907. The standard InChI is InChI=1S/C14H16ClN3O4/c1-21-13(8-2-4-22-5-3-8)12-9(14(19)20)7-16-11-6-10(15)17-18(11)12/h6-8,13H,2-5H2,1H3,(H,19,20). The van der Waals surface area contributed by atoms with E-state index in [1.807, 2.05) is 0 Å². The van der Waals surface area contributed by atoms with Crippen molar-refractivity contribution < 1.29 is 19.4 Å². The van der Waals surface area contributed by atoms with E-state index in [0.717, 1.165) is 12.8 Å². The second-order valence-electron chi connectivity index (χ2n) is 5.21. The van der Waals surface area contributed by atoms with Gasteiger partial charge in [0.2, 0.25) is 0 Å². The van der Waals surface area contributed by atoms with Crippen molar-refractivity contribution in [3.05, 3.63) is 28.7 Å². The fourth-order valence-electron chi connectivity index (χ4n) is 2.91. The maximum atomic E-state index is 11.6. The second-order valence-corrected chi connectivity index (χ2v) is 5.59. The lowest BCUT2D eigenvalue weighted by Gasteiger charge is -2.30. The Bertz CT molecular complexity index is 697. The van der Waals surface area contributed by atoms with E-state index in [1.54, 1.807) is 13.2 Å². The molecule has 22 heavy (non-hydrogen) atoms. The van der Waals surface area contributed by atoms with Crippen LogP contribution in [0.1, 0.15) is 35.0 Å². The fraction of sp³-hybridized carbons (Fsp3) is 0.500. The number of carboxylic acid groups (broad SMARTS) is 1. The van der Waals surface area contributed by atoms with Crippen LogP contribution in [-0.2, 0) is 9.47 Å². The molecule has 0 aromatic carbocycles. The van der Waals surface area contributed by atoms with Crippen molar-refractivity contribution in [3.63, 3.8) is 0 Å². The molecule has 1 atom stereocenters. The average molecular weight is 326 g/mol. The van der Waals surface area contributed by atoms with Crippen LogP contribution in [-0.4, -0.2) is 46.0 Å². The fourth-order valence-corrected chi connectivity index (χ4v) is 3.08. The summed E-state index contributed by atoms with van der Waals surface area (Å²) >= 11 is 5.94. The summed E-state index contributed by atoms with van der Waals surface area (Å²) in [5, 5.41) is 13.9. The third-order valence-corrected chi connectivity index (χ3v) is 4.12. The lowest BCUT2D eigenvalue weighted by atomic mass is 9.90. The molecular weight excluding hydrogens is 310 g/mol. The van der Waals surface area contributed by atoms with E-state index in [4.69, 9.17) is 21.1 Å². The van der Waals surface area contributed by atoms with Gasteiger partial charge in [0, 0.05) is 32.6 Å². The Morgan fingerprint density at radius 2 is 2.27 bits per heavy atom. The topological polar surface area (TPSA) is 86.0 Å². The predicted octanol–water partition coefficient (Wildman–Crippen LogP) is 2.20. The Kier molecular flexibility index (Phi) is 4.28. The van der Waals surface area contributed by atoms with Crippen LogP contribution < -0.4 is 0 Å². The summed E-state index contributed by atoms with van der Waals surface area (Å²) in [7, 11) is 1.57. The normalized spacial score (nSPS) is 17.7. The molecule has 118 valence electrons. The van der Waals surface area contributed by atoms with Gasteiger partial charge < -0.3 is 14.6 Å². The first-order valence-electron chi connectivity index (χ1n) is 7.00. The highest BCUT2D eigenvalue weighted by atomic mass is 35.5. The van der Waals surface area contributed by atoms with Gasteiger partial charge in [-0.15, -0.1) is 0 Å². The van der Waals surface area contributed by atoms with Gasteiger partial charge in [-0.05, 0) is 18.8 Å². The van der Waals surface area contributed by atoms with E-state index < -0.39 is 12.1 Å². The van der Waals surface area contributed by atoms with Crippen LogP contribution in [0, 0.1) is 5.92 Å². The first-order chi connectivity index (χ1) is 10.6. The predicted molar refractivity (Wildman–Crippen MR) is 78.2 cm³/mol. The zero-order valence-electron chi connectivity index (χ0n) is 12.0. The number of carbonyl (C=O) groups is 1. The Labute approximate surface area is 131 Å². The molecule has 2 aromatic heterocycles. The maximum Gasteiger partial charge on any atom is 0.339 e. The monoisotopic (exact) mass is 325 g/mol. The van der Waals surface area contributed by atoms with Gasteiger partial charge in [-0.25, -0.2) is 14.3 Å². The number of aromatic nitrogens is 3. The summed E-state index contributed by atoms with van der Waals surface area (Å²) in [6, 6.07) is 1.59. The van der Waals surface area contributed by atoms with Crippen LogP contribution in [0.3, 0.4) is 0 Å². The van der Waals surface area contributed by atoms with Crippen LogP contribution in [0.5, 0.6) is 0 Å². The third kappa shape index (κ3) is 2.67. The van der Waals surface area contributed by atoms with E-state index in [-0.39, 0.29) is 16.6 Å². The van der Waals surface area contributed by atoms with Crippen molar-refractivity contribution in [2.24, 2.45) is 5.92 Å². The average Bonchev–Trinajstić information content (AvgIpc) is 2.89. The van der Waals surface area contributed by atoms with Gasteiger partial charge in [-0.2, -0.15) is 5.10 Å². The van der Waals surface area contributed by atoms with E-state index in [2.05, 4.69) is 10.1 Å². The van der Waals surface area contributed by atoms with Crippen molar-refractivity contribution in [1.29, 1.82) is 0 Å². The second kappa shape index (κ2) is 6.20. The molecule has 3 rings (SSSR count). The van der Waals surface area contributed by atoms with Crippen molar-refractivity contribution >= 4 is 23.2 Å². The smallest absolute Gasteiger partial charge is 0.339 e. The molecule has 1 N–H and O–H groups in total. The van der Waals surface area contributed by atoms with Crippen molar-refractivity contribution in [2.75, 3.05) is 20.3 Å². The van der Waals surface area contributed by atoms with Gasteiger partial charge in [-0.3, -0.25) is 0 Å². The SMILES string of the molecule is COC(c1c(C(=O)O)cnc2cc(Cl)nn12)C1CCOCC1. The number of nitrogens with zero attached hydrogens (tertiary/aromatic N) is 3. The molecule has 2 aromatic rings. The molecule has 0 radical (unpaired) electrons. The zero-order chi connectivity index (χ0) is 15.7. The molecule has 8 heteroatoms. The number of hydrogen-bond acceptors (Lipinski definition) is 5. The van der Waals surface area contributed by atoms with Gasteiger partial charge in [0.15, 0.2) is 10.8 Å². The largest absolute Gasteiger partial charge is 0.478 e. The van der Waals surface area contributed by atoms with Gasteiger partial charge in [0.05, 0.1) is 5.69 Å². The number of fused-ring (bicyclic) bond motifs is 1. The van der Waals surface area contributed by atoms with Crippen LogP contribution in [0.2, 0.25) is 5.15 Å². The molecule has 1 unspecified atom stereocenters. The minimum absolute atomic E-state index is 0.0746. The molecule has 1 saturated heterocycles. The Morgan fingerprint density at radius 1 is 1.55 bits per heavy atom. The first kappa shape index (κ1) is 15.2. The van der Waals surface area contributed by atoms with Gasteiger partial charge in [0.1, 0.15) is 11.7 Å². The molecule has 1 aliphatic rings. The Morgan fingerprint density at radius 3 is 2.91 bits per heavy atom. The van der Waals surface area contributed by atoms with E-state index in [1.165, 1.54) is 10.7 Å². The van der Waals surface area contributed by atoms with E-state index in [9.17, 15) is 9.90 Å². The third-order valence-electron chi connectivity index (χ3n) is 3.94. The number of hydrogen-bond donors (Lipinski definition) is 1. The summed E-state index contributed by atoms with van der Waals surface area (Å²) in [5.41, 5.74) is 1.04. The molecule has 7 nitrogen and oxygen atoms in total. The van der Waals surface area contributed by atoms with Crippen LogP contribution in [0.4, 0.5) is 0 Å². The van der Waals surface area contributed by atoms with Gasteiger partial charge in [0.25, 0.3) is 0 Å². The Balaban J connectivity index is 2.16. The first-order valence-corrected chi connectivity index (χ1v) is 7.37. The summed E-state index contributed by atoms with van der Waals surface area (Å²) < 4.78 is 12.5. The van der Waals surface area contributed by atoms with Gasteiger partial charge >= 0.3 is 5.97 Å². The number of halogens is 1. The number of methoxy groups -OCH3 is 1. The van der Waals surface area contributed by atoms with E-state index >= 15 is 0 Å². The lowest BCUT2D eigenvalue weighted by Crippen LogP contribution is -2.27. The summed E-state index contributed by atoms with van der Waals surface area (Å²) in [4.78, 5) is 15.7. The van der Waals surface area contributed by atoms with Crippen LogP contribution in [0.25, 0.3) is 5.65 Å². The molecule has 0 spiro atoms. The molecule has 1 fully saturated rings.